The number of urea groups is 2. The fraction of sp³-hybridized carbons (Fsp3) is 0.500. The number of piperazine rings is 1. The lowest BCUT2D eigenvalue weighted by atomic mass is 10.2. The maximum absolute atomic E-state index is 12.4. The quantitative estimate of drug-likeness (QED) is 0.727. The van der Waals surface area contributed by atoms with Gasteiger partial charge in [0.15, 0.2) is 0 Å². The van der Waals surface area contributed by atoms with Crippen LogP contribution in [0.4, 0.5) is 15.3 Å². The first-order chi connectivity index (χ1) is 12.8. The lowest BCUT2D eigenvalue weighted by Gasteiger charge is -2.37. The summed E-state index contributed by atoms with van der Waals surface area (Å²) in [5, 5.41) is 8.29. The van der Waals surface area contributed by atoms with Crippen LogP contribution in [0.3, 0.4) is 0 Å². The van der Waals surface area contributed by atoms with Crippen molar-refractivity contribution in [2.24, 2.45) is 0 Å². The van der Waals surface area contributed by atoms with Crippen molar-refractivity contribution in [1.29, 1.82) is 0 Å². The molecule has 0 unspecified atom stereocenters. The number of carbonyl (C=O) groups excluding carboxylic acids is 3. The number of nitrogens with one attached hydrogen (secondary N) is 3. The van der Waals surface area contributed by atoms with Crippen molar-refractivity contribution in [3.8, 4) is 0 Å². The molecule has 148 valence electrons. The highest BCUT2D eigenvalue weighted by molar-refractivity contribution is 6.31. The van der Waals surface area contributed by atoms with Gasteiger partial charge < -0.3 is 15.5 Å². The third kappa shape index (κ3) is 5.83. The second-order valence-electron chi connectivity index (χ2n) is 6.44. The number of benzene rings is 1. The minimum Gasteiger partial charge on any atom is -0.338 e. The number of rotatable bonds is 4. The van der Waals surface area contributed by atoms with E-state index in [1.165, 1.54) is 0 Å². The molecule has 0 spiro atoms. The van der Waals surface area contributed by atoms with Crippen LogP contribution >= 0.6 is 11.6 Å². The van der Waals surface area contributed by atoms with Crippen LogP contribution in [0.5, 0.6) is 0 Å². The van der Waals surface area contributed by atoms with Crippen molar-refractivity contribution in [3.63, 3.8) is 0 Å². The molecule has 1 aliphatic rings. The van der Waals surface area contributed by atoms with E-state index in [4.69, 9.17) is 11.6 Å². The summed E-state index contributed by atoms with van der Waals surface area (Å²) >= 11 is 6.08. The Morgan fingerprint density at radius 2 is 1.85 bits per heavy atom. The monoisotopic (exact) mass is 395 g/mol. The van der Waals surface area contributed by atoms with E-state index < -0.39 is 12.1 Å². The molecule has 1 fully saturated rings. The van der Waals surface area contributed by atoms with Gasteiger partial charge in [-0.1, -0.05) is 17.7 Å². The Labute approximate surface area is 164 Å². The number of anilines is 1. The fourth-order valence-electron chi connectivity index (χ4n) is 2.77. The Morgan fingerprint density at radius 3 is 2.44 bits per heavy atom. The van der Waals surface area contributed by atoms with Gasteiger partial charge in [-0.25, -0.2) is 9.59 Å². The first kappa shape index (κ1) is 21.0. The van der Waals surface area contributed by atoms with E-state index in [1.807, 2.05) is 24.0 Å². The van der Waals surface area contributed by atoms with Crippen molar-refractivity contribution < 1.29 is 14.4 Å². The van der Waals surface area contributed by atoms with Gasteiger partial charge >= 0.3 is 12.1 Å². The van der Waals surface area contributed by atoms with E-state index in [1.54, 1.807) is 24.8 Å². The van der Waals surface area contributed by atoms with E-state index in [0.29, 0.717) is 43.4 Å². The fourth-order valence-corrected chi connectivity index (χ4v) is 2.95. The largest absolute Gasteiger partial charge is 0.338 e. The summed E-state index contributed by atoms with van der Waals surface area (Å²) in [5.74, 6) is -0.354. The summed E-state index contributed by atoms with van der Waals surface area (Å²) in [7, 11) is 0. The molecule has 8 nitrogen and oxygen atoms in total. The van der Waals surface area contributed by atoms with Crippen LogP contribution in [-0.4, -0.2) is 66.5 Å². The smallest absolute Gasteiger partial charge is 0.321 e. The lowest BCUT2D eigenvalue weighted by molar-refractivity contribution is -0.125. The predicted molar refractivity (Wildman–Crippen MR) is 105 cm³/mol. The molecule has 1 aromatic carbocycles. The summed E-state index contributed by atoms with van der Waals surface area (Å²) in [6.45, 7) is 7.96. The molecule has 27 heavy (non-hydrogen) atoms. The highest BCUT2D eigenvalue weighted by Crippen LogP contribution is 2.20. The van der Waals surface area contributed by atoms with Crippen molar-refractivity contribution in [2.45, 2.75) is 26.8 Å². The van der Waals surface area contributed by atoms with Gasteiger partial charge in [0, 0.05) is 43.4 Å². The molecule has 5 amide bonds. The average Bonchev–Trinajstić information content (AvgIpc) is 2.64. The van der Waals surface area contributed by atoms with Gasteiger partial charge in [-0.15, -0.1) is 0 Å². The number of hydrogen-bond acceptors (Lipinski definition) is 4. The SMILES string of the molecule is CCNC(=O)NC(=O)[C@@H](C)N1CCN(C(=O)Nc2ccc(C)c(Cl)c2)CC1. The Bertz CT molecular complexity index is 704. The van der Waals surface area contributed by atoms with Gasteiger partial charge in [0.05, 0.1) is 6.04 Å². The van der Waals surface area contributed by atoms with Crippen LogP contribution in [-0.2, 0) is 4.79 Å². The lowest BCUT2D eigenvalue weighted by Crippen LogP contribution is -2.56. The van der Waals surface area contributed by atoms with Gasteiger partial charge in [-0.3, -0.25) is 15.0 Å². The molecule has 0 bridgehead atoms. The molecule has 0 aliphatic carbocycles. The number of nitrogens with zero attached hydrogens (tertiary/aromatic N) is 2. The third-order valence-corrected chi connectivity index (χ3v) is 4.93. The number of imide groups is 1. The first-order valence-corrected chi connectivity index (χ1v) is 9.34. The summed E-state index contributed by atoms with van der Waals surface area (Å²) in [6, 6.07) is 4.24. The summed E-state index contributed by atoms with van der Waals surface area (Å²) in [5.41, 5.74) is 1.59. The molecular formula is C18H26ClN5O3. The van der Waals surface area contributed by atoms with Gasteiger partial charge in [-0.05, 0) is 38.5 Å². The molecule has 1 aromatic rings. The van der Waals surface area contributed by atoms with Gasteiger partial charge in [-0.2, -0.15) is 0 Å². The Balaban J connectivity index is 1.83. The Morgan fingerprint density at radius 1 is 1.19 bits per heavy atom. The van der Waals surface area contributed by atoms with Gasteiger partial charge in [0.25, 0.3) is 0 Å². The molecule has 3 N–H and O–H groups in total. The minimum atomic E-state index is -0.496. The molecule has 0 saturated carbocycles. The van der Waals surface area contributed by atoms with Crippen molar-refractivity contribution >= 4 is 35.3 Å². The summed E-state index contributed by atoms with van der Waals surface area (Å²) in [4.78, 5) is 39.6. The second-order valence-corrected chi connectivity index (χ2v) is 6.85. The van der Waals surface area contributed by atoms with E-state index in [2.05, 4.69) is 16.0 Å². The van der Waals surface area contributed by atoms with Crippen LogP contribution in [0.25, 0.3) is 0 Å². The van der Waals surface area contributed by atoms with E-state index in [0.717, 1.165) is 5.56 Å². The summed E-state index contributed by atoms with van der Waals surface area (Å²) < 4.78 is 0. The van der Waals surface area contributed by atoms with Crippen LogP contribution in [0.15, 0.2) is 18.2 Å². The molecule has 1 aliphatic heterocycles. The topological polar surface area (TPSA) is 93.8 Å². The maximum atomic E-state index is 12.4. The van der Waals surface area contributed by atoms with Crippen molar-refractivity contribution in [2.75, 3.05) is 38.0 Å². The Hall–Kier alpha value is -2.32. The normalized spacial score (nSPS) is 15.8. The first-order valence-electron chi connectivity index (χ1n) is 8.96. The molecule has 1 heterocycles. The molecule has 2 rings (SSSR count). The third-order valence-electron chi connectivity index (χ3n) is 4.53. The molecule has 1 atom stereocenters. The number of carbonyl (C=O) groups is 3. The zero-order chi connectivity index (χ0) is 20.0. The number of amides is 5. The van der Waals surface area contributed by atoms with E-state index >= 15 is 0 Å². The van der Waals surface area contributed by atoms with E-state index in [-0.39, 0.29) is 11.9 Å². The van der Waals surface area contributed by atoms with Crippen LogP contribution < -0.4 is 16.0 Å². The number of halogens is 1. The van der Waals surface area contributed by atoms with Gasteiger partial charge in [0.2, 0.25) is 5.91 Å². The van der Waals surface area contributed by atoms with Crippen LogP contribution in [0, 0.1) is 6.92 Å². The molecule has 1 saturated heterocycles. The summed E-state index contributed by atoms with van der Waals surface area (Å²) in [6.07, 6.45) is 0. The van der Waals surface area contributed by atoms with Crippen molar-refractivity contribution in [1.82, 2.24) is 20.4 Å². The average molecular weight is 396 g/mol. The van der Waals surface area contributed by atoms with E-state index in [9.17, 15) is 14.4 Å². The molecule has 0 aromatic heterocycles. The molecule has 0 radical (unpaired) electrons. The second kappa shape index (κ2) is 9.57. The zero-order valence-corrected chi connectivity index (χ0v) is 16.6. The molecular weight excluding hydrogens is 370 g/mol. The molecule has 9 heteroatoms. The maximum Gasteiger partial charge on any atom is 0.321 e. The number of aryl methyl sites for hydroxylation is 1. The minimum absolute atomic E-state index is 0.200. The predicted octanol–water partition coefficient (Wildman–Crippen LogP) is 2.03. The van der Waals surface area contributed by atoms with Crippen molar-refractivity contribution in [3.05, 3.63) is 28.8 Å². The number of hydrogen-bond donors (Lipinski definition) is 3. The Kier molecular flexibility index (Phi) is 7.44. The highest BCUT2D eigenvalue weighted by atomic mass is 35.5. The highest BCUT2D eigenvalue weighted by Gasteiger charge is 2.28. The van der Waals surface area contributed by atoms with Crippen LogP contribution in [0.2, 0.25) is 5.02 Å². The standard InChI is InChI=1S/C18H26ClN5O3/c1-4-20-17(26)22-16(25)13(3)23-7-9-24(10-8-23)18(27)21-14-6-5-12(2)15(19)11-14/h5-6,11,13H,4,7-10H2,1-3H3,(H,21,27)(H2,20,22,25,26)/t13-/m1/s1. The van der Waals surface area contributed by atoms with Gasteiger partial charge in [0.1, 0.15) is 0 Å². The zero-order valence-electron chi connectivity index (χ0n) is 15.8. The van der Waals surface area contributed by atoms with Crippen LogP contribution in [0.1, 0.15) is 19.4 Å².